The lowest BCUT2D eigenvalue weighted by atomic mass is 9.33. The highest BCUT2D eigenvalue weighted by Crippen LogP contribution is 2.73. The second-order valence-electron chi connectivity index (χ2n) is 5.12. The molecule has 3 aliphatic carbocycles. The van der Waals surface area contributed by atoms with Crippen molar-refractivity contribution in [2.24, 2.45) is 11.1 Å². The van der Waals surface area contributed by atoms with Crippen LogP contribution >= 0.6 is 23.2 Å². The van der Waals surface area contributed by atoms with Gasteiger partial charge < -0.3 is 5.73 Å². The van der Waals surface area contributed by atoms with E-state index >= 15 is 0 Å². The first-order chi connectivity index (χ1) is 7.11. The molecule has 0 aromatic heterocycles. The van der Waals surface area contributed by atoms with Crippen LogP contribution in [-0.4, -0.2) is 6.54 Å². The van der Waals surface area contributed by atoms with E-state index in [2.05, 4.69) is 6.07 Å². The van der Waals surface area contributed by atoms with Crippen LogP contribution < -0.4 is 5.73 Å². The lowest BCUT2D eigenvalue weighted by Crippen LogP contribution is -2.67. The third-order valence-electron chi connectivity index (χ3n) is 4.10. The van der Waals surface area contributed by atoms with Gasteiger partial charge in [0.15, 0.2) is 0 Å². The van der Waals surface area contributed by atoms with Crippen molar-refractivity contribution in [3.05, 3.63) is 33.8 Å². The van der Waals surface area contributed by atoms with E-state index in [0.717, 1.165) is 11.6 Å². The van der Waals surface area contributed by atoms with Crippen LogP contribution in [0.25, 0.3) is 0 Å². The average Bonchev–Trinajstić information content (AvgIpc) is 2.08. The number of nitrogens with two attached hydrogens (primary N) is 1. The minimum absolute atomic E-state index is 0.307. The molecule has 0 amide bonds. The van der Waals surface area contributed by atoms with Crippen molar-refractivity contribution < 1.29 is 0 Å². The van der Waals surface area contributed by atoms with Crippen molar-refractivity contribution in [1.29, 1.82) is 0 Å². The number of rotatable bonds is 2. The molecule has 3 aliphatic rings. The first-order valence-electron chi connectivity index (χ1n) is 5.26. The SMILES string of the molecule is NCC12CC(c3cccc(Cl)c3Cl)(C1)C2. The Balaban J connectivity index is 1.94. The van der Waals surface area contributed by atoms with Gasteiger partial charge in [-0.15, -0.1) is 0 Å². The molecule has 15 heavy (non-hydrogen) atoms. The zero-order valence-corrected chi connectivity index (χ0v) is 9.91. The van der Waals surface area contributed by atoms with E-state index in [1.165, 1.54) is 24.8 Å². The predicted molar refractivity (Wildman–Crippen MR) is 63.5 cm³/mol. The van der Waals surface area contributed by atoms with E-state index < -0.39 is 0 Å². The van der Waals surface area contributed by atoms with Gasteiger partial charge in [0.2, 0.25) is 0 Å². The standard InChI is InChI=1S/C12H13Cl2N/c13-9-3-1-2-8(10(9)14)12-4-11(5-12,6-12)7-15/h1-3H,4-7,15H2. The van der Waals surface area contributed by atoms with Crippen LogP contribution in [0.4, 0.5) is 0 Å². The van der Waals surface area contributed by atoms with Gasteiger partial charge in [0.25, 0.3) is 0 Å². The first kappa shape index (κ1) is 9.95. The Bertz CT molecular complexity index is 408. The first-order valence-corrected chi connectivity index (χ1v) is 6.01. The third-order valence-corrected chi connectivity index (χ3v) is 4.92. The van der Waals surface area contributed by atoms with E-state index in [0.29, 0.717) is 15.9 Å². The van der Waals surface area contributed by atoms with Crippen molar-refractivity contribution in [3.8, 4) is 0 Å². The van der Waals surface area contributed by atoms with Gasteiger partial charge in [-0.3, -0.25) is 0 Å². The fourth-order valence-corrected chi connectivity index (χ4v) is 3.91. The highest BCUT2D eigenvalue weighted by atomic mass is 35.5. The summed E-state index contributed by atoms with van der Waals surface area (Å²) in [7, 11) is 0. The van der Waals surface area contributed by atoms with Gasteiger partial charge in [-0.2, -0.15) is 0 Å². The Morgan fingerprint density at radius 2 is 1.87 bits per heavy atom. The van der Waals surface area contributed by atoms with Gasteiger partial charge in [-0.25, -0.2) is 0 Å². The third kappa shape index (κ3) is 1.15. The Labute approximate surface area is 99.6 Å². The Morgan fingerprint density at radius 3 is 2.47 bits per heavy atom. The van der Waals surface area contributed by atoms with E-state index in [4.69, 9.17) is 28.9 Å². The summed E-state index contributed by atoms with van der Waals surface area (Å²) in [6, 6.07) is 5.93. The minimum Gasteiger partial charge on any atom is -0.330 e. The monoisotopic (exact) mass is 241 g/mol. The zero-order chi connectivity index (χ0) is 10.7. The van der Waals surface area contributed by atoms with Gasteiger partial charge in [-0.1, -0.05) is 35.3 Å². The molecule has 2 bridgehead atoms. The molecule has 0 spiro atoms. The van der Waals surface area contributed by atoms with E-state index in [1.54, 1.807) is 0 Å². The van der Waals surface area contributed by atoms with Crippen molar-refractivity contribution in [2.75, 3.05) is 6.54 Å². The molecule has 3 heteroatoms. The summed E-state index contributed by atoms with van der Waals surface area (Å²) < 4.78 is 0. The molecule has 0 saturated heterocycles. The fourth-order valence-electron chi connectivity index (χ4n) is 3.41. The Hall–Kier alpha value is -0.240. The number of hydrogen-bond acceptors (Lipinski definition) is 1. The largest absolute Gasteiger partial charge is 0.330 e. The second-order valence-corrected chi connectivity index (χ2v) is 5.90. The highest BCUT2D eigenvalue weighted by molar-refractivity contribution is 6.42. The molecule has 0 radical (unpaired) electrons. The topological polar surface area (TPSA) is 26.0 Å². The van der Waals surface area contributed by atoms with Crippen molar-refractivity contribution >= 4 is 23.2 Å². The second kappa shape index (κ2) is 2.91. The molecular formula is C12H13Cl2N. The summed E-state index contributed by atoms with van der Waals surface area (Å²) in [5.41, 5.74) is 7.72. The Morgan fingerprint density at radius 1 is 1.20 bits per heavy atom. The zero-order valence-electron chi connectivity index (χ0n) is 8.39. The maximum Gasteiger partial charge on any atom is 0.0629 e. The maximum atomic E-state index is 6.24. The lowest BCUT2D eigenvalue weighted by molar-refractivity contribution is -0.132. The molecule has 4 rings (SSSR count). The van der Waals surface area contributed by atoms with Gasteiger partial charge in [0.05, 0.1) is 10.0 Å². The smallest absolute Gasteiger partial charge is 0.0629 e. The molecule has 1 aromatic rings. The molecule has 1 nitrogen and oxygen atoms in total. The Kier molecular flexibility index (Phi) is 1.93. The van der Waals surface area contributed by atoms with Crippen LogP contribution in [0.15, 0.2) is 18.2 Å². The molecule has 1 aromatic carbocycles. The van der Waals surface area contributed by atoms with Crippen LogP contribution in [-0.2, 0) is 5.41 Å². The average molecular weight is 242 g/mol. The van der Waals surface area contributed by atoms with Crippen LogP contribution in [0.1, 0.15) is 24.8 Å². The van der Waals surface area contributed by atoms with E-state index in [1.807, 2.05) is 12.1 Å². The molecule has 0 atom stereocenters. The molecule has 3 fully saturated rings. The van der Waals surface area contributed by atoms with Crippen LogP contribution in [0, 0.1) is 5.41 Å². The molecule has 2 N–H and O–H groups in total. The molecule has 0 unspecified atom stereocenters. The summed E-state index contributed by atoms with van der Waals surface area (Å²) in [5.74, 6) is 0. The lowest BCUT2D eigenvalue weighted by Gasteiger charge is -2.71. The van der Waals surface area contributed by atoms with Gasteiger partial charge in [-0.05, 0) is 48.3 Å². The van der Waals surface area contributed by atoms with Crippen LogP contribution in [0.3, 0.4) is 0 Å². The summed E-state index contributed by atoms with van der Waals surface area (Å²) in [6.45, 7) is 0.812. The minimum atomic E-state index is 0.307. The number of hydrogen-bond donors (Lipinski definition) is 1. The van der Waals surface area contributed by atoms with Crippen LogP contribution in [0.2, 0.25) is 10.0 Å². The van der Waals surface area contributed by atoms with Gasteiger partial charge >= 0.3 is 0 Å². The molecule has 0 heterocycles. The van der Waals surface area contributed by atoms with Crippen molar-refractivity contribution in [2.45, 2.75) is 24.7 Å². The summed E-state index contributed by atoms with van der Waals surface area (Å²) in [6.07, 6.45) is 3.57. The van der Waals surface area contributed by atoms with Crippen molar-refractivity contribution in [3.63, 3.8) is 0 Å². The molecule has 0 aliphatic heterocycles. The molecule has 3 saturated carbocycles. The quantitative estimate of drug-likeness (QED) is 0.845. The van der Waals surface area contributed by atoms with Crippen molar-refractivity contribution in [1.82, 2.24) is 0 Å². The number of halogens is 2. The molecule has 80 valence electrons. The normalized spacial score (nSPS) is 37.0. The van der Waals surface area contributed by atoms with E-state index in [-0.39, 0.29) is 0 Å². The fraction of sp³-hybridized carbons (Fsp3) is 0.500. The predicted octanol–water partition coefficient (Wildman–Crippen LogP) is 3.37. The summed E-state index contributed by atoms with van der Waals surface area (Å²) in [4.78, 5) is 0. The summed E-state index contributed by atoms with van der Waals surface area (Å²) in [5, 5.41) is 1.41. The maximum absolute atomic E-state index is 6.24. The van der Waals surface area contributed by atoms with Crippen LogP contribution in [0.5, 0.6) is 0 Å². The van der Waals surface area contributed by atoms with Gasteiger partial charge in [0, 0.05) is 0 Å². The molecular weight excluding hydrogens is 229 g/mol. The summed E-state index contributed by atoms with van der Waals surface area (Å²) >= 11 is 12.3. The highest BCUT2D eigenvalue weighted by Gasteiger charge is 2.67. The van der Waals surface area contributed by atoms with E-state index in [9.17, 15) is 0 Å². The number of benzene rings is 1. The van der Waals surface area contributed by atoms with Gasteiger partial charge in [0.1, 0.15) is 0 Å².